The third kappa shape index (κ3) is 7.76. The predicted octanol–water partition coefficient (Wildman–Crippen LogP) is 0.682. The quantitative estimate of drug-likeness (QED) is 0.674. The van der Waals surface area contributed by atoms with Crippen LogP contribution in [-0.2, 0) is 14.6 Å². The van der Waals surface area contributed by atoms with Crippen LogP contribution in [0, 0.1) is 5.92 Å². The molecule has 2 atom stereocenters. The molecular weight excluding hydrogens is 214 g/mol. The number of rotatable bonds is 8. The van der Waals surface area contributed by atoms with E-state index in [0.29, 0.717) is 12.5 Å². The van der Waals surface area contributed by atoms with Crippen molar-refractivity contribution in [3.05, 3.63) is 0 Å². The highest BCUT2D eigenvalue weighted by molar-refractivity contribution is 7.91. The fourth-order valence-corrected chi connectivity index (χ4v) is 2.42. The molecule has 0 aromatic rings. The molecule has 0 spiro atoms. The van der Waals surface area contributed by atoms with Gasteiger partial charge >= 0.3 is 0 Å². The Morgan fingerprint density at radius 3 is 2.40 bits per heavy atom. The normalized spacial score (nSPS) is 16.3. The third-order valence-electron chi connectivity index (χ3n) is 2.21. The predicted molar refractivity (Wildman–Crippen MR) is 62.8 cm³/mol. The molecule has 15 heavy (non-hydrogen) atoms. The van der Waals surface area contributed by atoms with Crippen LogP contribution in [0.1, 0.15) is 20.8 Å². The number of hydrogen-bond acceptors (Lipinski definition) is 4. The Morgan fingerprint density at radius 2 is 1.93 bits per heavy atom. The van der Waals surface area contributed by atoms with Gasteiger partial charge in [0.05, 0.1) is 5.75 Å². The maximum atomic E-state index is 11.3. The zero-order chi connectivity index (χ0) is 11.9. The van der Waals surface area contributed by atoms with Crippen LogP contribution >= 0.6 is 0 Å². The molecule has 0 rings (SSSR count). The van der Waals surface area contributed by atoms with E-state index in [0.717, 1.165) is 6.54 Å². The Morgan fingerprint density at radius 1 is 1.33 bits per heavy atom. The standard InChI is InChI=1S/C10H23NO3S/c1-5-15(12,13)8-10(3)11-6-9(2)7-14-4/h9-11H,5-8H2,1-4H3. The number of ether oxygens (including phenoxy) is 1. The lowest BCUT2D eigenvalue weighted by Crippen LogP contribution is -2.37. The molecular formula is C10H23NO3S. The summed E-state index contributed by atoms with van der Waals surface area (Å²) in [5.74, 6) is 0.831. The maximum Gasteiger partial charge on any atom is 0.151 e. The topological polar surface area (TPSA) is 55.4 Å². The Labute approximate surface area is 93.3 Å². The second kappa shape index (κ2) is 7.19. The fourth-order valence-electron chi connectivity index (χ4n) is 1.30. The summed E-state index contributed by atoms with van der Waals surface area (Å²) < 4.78 is 27.6. The van der Waals surface area contributed by atoms with Crippen LogP contribution in [0.15, 0.2) is 0 Å². The average molecular weight is 237 g/mol. The van der Waals surface area contributed by atoms with Gasteiger partial charge in [-0.3, -0.25) is 0 Å². The first-order chi connectivity index (χ1) is 6.91. The van der Waals surface area contributed by atoms with Crippen molar-refractivity contribution >= 4 is 9.84 Å². The highest BCUT2D eigenvalue weighted by Crippen LogP contribution is 1.97. The zero-order valence-corrected chi connectivity index (χ0v) is 10.9. The molecule has 2 unspecified atom stereocenters. The smallest absolute Gasteiger partial charge is 0.151 e. The van der Waals surface area contributed by atoms with Crippen molar-refractivity contribution in [2.75, 3.05) is 31.8 Å². The molecule has 0 saturated carbocycles. The number of nitrogens with one attached hydrogen (secondary N) is 1. The van der Waals surface area contributed by atoms with Gasteiger partial charge in [0.25, 0.3) is 0 Å². The zero-order valence-electron chi connectivity index (χ0n) is 10.1. The summed E-state index contributed by atoms with van der Waals surface area (Å²) in [5, 5.41) is 3.20. The molecule has 92 valence electrons. The first-order valence-electron chi connectivity index (χ1n) is 5.34. The summed E-state index contributed by atoms with van der Waals surface area (Å²) in [5.41, 5.74) is 0. The van der Waals surface area contributed by atoms with Crippen LogP contribution < -0.4 is 5.32 Å². The van der Waals surface area contributed by atoms with Crippen molar-refractivity contribution in [3.8, 4) is 0 Å². The molecule has 0 bridgehead atoms. The molecule has 0 aliphatic heterocycles. The monoisotopic (exact) mass is 237 g/mol. The van der Waals surface area contributed by atoms with Gasteiger partial charge in [0, 0.05) is 32.1 Å². The van der Waals surface area contributed by atoms with Gasteiger partial charge in [0.1, 0.15) is 0 Å². The van der Waals surface area contributed by atoms with Crippen molar-refractivity contribution in [1.29, 1.82) is 0 Å². The molecule has 0 fully saturated rings. The summed E-state index contributed by atoms with van der Waals surface area (Å²) in [4.78, 5) is 0. The van der Waals surface area contributed by atoms with E-state index in [2.05, 4.69) is 12.2 Å². The first-order valence-corrected chi connectivity index (χ1v) is 7.16. The van der Waals surface area contributed by atoms with Gasteiger partial charge in [0.2, 0.25) is 0 Å². The third-order valence-corrected chi connectivity index (χ3v) is 4.10. The SMILES string of the molecule is CCS(=O)(=O)CC(C)NCC(C)COC. The molecule has 0 aliphatic rings. The molecule has 0 aromatic heterocycles. The summed E-state index contributed by atoms with van der Waals surface area (Å²) >= 11 is 0. The number of sulfone groups is 1. The van der Waals surface area contributed by atoms with Crippen molar-refractivity contribution in [2.45, 2.75) is 26.8 Å². The largest absolute Gasteiger partial charge is 0.384 e. The Bertz CT molecular complexity index is 251. The lowest BCUT2D eigenvalue weighted by atomic mass is 10.2. The fraction of sp³-hybridized carbons (Fsp3) is 1.00. The lowest BCUT2D eigenvalue weighted by Gasteiger charge is -2.16. The maximum absolute atomic E-state index is 11.3. The molecule has 0 aliphatic carbocycles. The Balaban J connectivity index is 3.80. The summed E-state index contributed by atoms with van der Waals surface area (Å²) in [7, 11) is -1.20. The molecule has 1 N–H and O–H groups in total. The molecule has 5 heteroatoms. The Hall–Kier alpha value is -0.130. The lowest BCUT2D eigenvalue weighted by molar-refractivity contribution is 0.157. The summed E-state index contributed by atoms with van der Waals surface area (Å²) in [6, 6.07) is 0.00857. The number of hydrogen-bond donors (Lipinski definition) is 1. The van der Waals surface area contributed by atoms with Crippen molar-refractivity contribution in [2.24, 2.45) is 5.92 Å². The van der Waals surface area contributed by atoms with Gasteiger partial charge in [-0.15, -0.1) is 0 Å². The van der Waals surface area contributed by atoms with Crippen LogP contribution in [0.2, 0.25) is 0 Å². The van der Waals surface area contributed by atoms with E-state index in [1.165, 1.54) is 0 Å². The summed E-state index contributed by atoms with van der Waals surface area (Å²) in [6.45, 7) is 7.12. The van der Waals surface area contributed by atoms with Crippen molar-refractivity contribution < 1.29 is 13.2 Å². The van der Waals surface area contributed by atoms with E-state index >= 15 is 0 Å². The van der Waals surface area contributed by atoms with E-state index in [9.17, 15) is 8.42 Å². The van der Waals surface area contributed by atoms with Gasteiger partial charge < -0.3 is 10.1 Å². The molecule has 0 saturated heterocycles. The highest BCUT2D eigenvalue weighted by Gasteiger charge is 2.13. The van der Waals surface area contributed by atoms with E-state index in [1.807, 2.05) is 6.92 Å². The second-order valence-corrected chi connectivity index (χ2v) is 6.47. The van der Waals surface area contributed by atoms with E-state index < -0.39 is 9.84 Å². The minimum Gasteiger partial charge on any atom is -0.384 e. The van der Waals surface area contributed by atoms with E-state index in [-0.39, 0.29) is 17.5 Å². The van der Waals surface area contributed by atoms with Crippen LogP contribution in [0.25, 0.3) is 0 Å². The summed E-state index contributed by atoms with van der Waals surface area (Å²) in [6.07, 6.45) is 0. The van der Waals surface area contributed by atoms with Gasteiger partial charge in [0.15, 0.2) is 9.84 Å². The molecule has 0 heterocycles. The van der Waals surface area contributed by atoms with Gasteiger partial charge in [-0.05, 0) is 12.8 Å². The van der Waals surface area contributed by atoms with Crippen LogP contribution in [-0.4, -0.2) is 46.2 Å². The van der Waals surface area contributed by atoms with Gasteiger partial charge in [-0.2, -0.15) is 0 Å². The first kappa shape index (κ1) is 14.9. The van der Waals surface area contributed by atoms with Crippen LogP contribution in [0.3, 0.4) is 0 Å². The van der Waals surface area contributed by atoms with E-state index in [4.69, 9.17) is 4.74 Å². The van der Waals surface area contributed by atoms with Gasteiger partial charge in [-0.25, -0.2) is 8.42 Å². The number of methoxy groups -OCH3 is 1. The minimum atomic E-state index is -2.87. The van der Waals surface area contributed by atoms with Crippen LogP contribution in [0.4, 0.5) is 0 Å². The Kier molecular flexibility index (Phi) is 7.13. The van der Waals surface area contributed by atoms with Crippen LogP contribution in [0.5, 0.6) is 0 Å². The molecule has 0 radical (unpaired) electrons. The molecule has 4 nitrogen and oxygen atoms in total. The minimum absolute atomic E-state index is 0.00857. The van der Waals surface area contributed by atoms with Crippen molar-refractivity contribution in [1.82, 2.24) is 5.32 Å². The second-order valence-electron chi connectivity index (χ2n) is 4.07. The van der Waals surface area contributed by atoms with Gasteiger partial charge in [-0.1, -0.05) is 13.8 Å². The highest BCUT2D eigenvalue weighted by atomic mass is 32.2. The van der Waals surface area contributed by atoms with Crippen molar-refractivity contribution in [3.63, 3.8) is 0 Å². The molecule has 0 aromatic carbocycles. The molecule has 0 amide bonds. The average Bonchev–Trinajstić information content (AvgIpc) is 2.15. The van der Waals surface area contributed by atoms with E-state index in [1.54, 1.807) is 14.0 Å².